The van der Waals surface area contributed by atoms with Gasteiger partial charge in [0.15, 0.2) is 0 Å². The van der Waals surface area contributed by atoms with Crippen molar-refractivity contribution in [2.24, 2.45) is 0 Å². The fourth-order valence-corrected chi connectivity index (χ4v) is 2.11. The molecular weight excluding hydrogens is 280 g/mol. The topological polar surface area (TPSA) is 101 Å². The van der Waals surface area contributed by atoms with Crippen LogP contribution in [0.25, 0.3) is 0 Å². The van der Waals surface area contributed by atoms with E-state index in [0.717, 1.165) is 6.20 Å². The summed E-state index contributed by atoms with van der Waals surface area (Å²) in [7, 11) is 0. The van der Waals surface area contributed by atoms with Gasteiger partial charge in [-0.05, 0) is 24.8 Å². The molecule has 0 bridgehead atoms. The van der Waals surface area contributed by atoms with Gasteiger partial charge >= 0.3 is 5.69 Å². The molecule has 1 atom stereocenters. The predicted octanol–water partition coefficient (Wildman–Crippen LogP) is 1.56. The Balaban J connectivity index is 2.83. The van der Waals surface area contributed by atoms with Crippen molar-refractivity contribution in [3.8, 4) is 0 Å². The first-order valence-corrected chi connectivity index (χ1v) is 6.75. The molecule has 1 aromatic rings. The second-order valence-corrected chi connectivity index (χ2v) is 5.12. The molecule has 0 aliphatic carbocycles. The monoisotopic (exact) mass is 292 g/mol. The van der Waals surface area contributed by atoms with Crippen molar-refractivity contribution in [2.45, 2.75) is 12.5 Å². The van der Waals surface area contributed by atoms with Crippen molar-refractivity contribution in [3.05, 3.63) is 21.6 Å². The minimum Gasteiger partial charge on any atom is -0.387 e. The van der Waals surface area contributed by atoms with E-state index in [1.165, 1.54) is 11.8 Å². The number of rotatable bonds is 6. The zero-order valence-corrected chi connectivity index (χ0v) is 11.5. The van der Waals surface area contributed by atoms with E-state index in [-0.39, 0.29) is 23.3 Å². The van der Waals surface area contributed by atoms with Gasteiger partial charge in [0.05, 0.1) is 10.5 Å². The number of halogens is 1. The minimum absolute atomic E-state index is 0.00128. The number of nitrogens with zero attached hydrogens (tertiary/aromatic N) is 3. The van der Waals surface area contributed by atoms with Crippen LogP contribution in [-0.4, -0.2) is 44.2 Å². The Morgan fingerprint density at radius 3 is 2.94 bits per heavy atom. The number of nitrogens with one attached hydrogen (secondary N) is 1. The Kier molecular flexibility index (Phi) is 5.12. The van der Waals surface area contributed by atoms with E-state index < -0.39 is 10.5 Å². The molecule has 9 heteroatoms. The first-order chi connectivity index (χ1) is 8.35. The van der Waals surface area contributed by atoms with Gasteiger partial charge in [0.2, 0.25) is 11.1 Å². The largest absolute Gasteiger partial charge is 0.387 e. The van der Waals surface area contributed by atoms with Gasteiger partial charge in [-0.2, -0.15) is 16.7 Å². The Labute approximate surface area is 113 Å². The van der Waals surface area contributed by atoms with Crippen LogP contribution in [0.1, 0.15) is 6.92 Å². The van der Waals surface area contributed by atoms with E-state index in [0.29, 0.717) is 5.75 Å². The standard InChI is InChI=1S/C9H13ClN4O3S/c1-9(15,5-18-2)4-12-7-6(14(16)17)3-11-8(10)13-7/h3,15H,4-5H2,1-2H3,(H,11,12,13). The Bertz CT molecular complexity index is 444. The molecule has 18 heavy (non-hydrogen) atoms. The smallest absolute Gasteiger partial charge is 0.329 e. The molecule has 100 valence electrons. The average molecular weight is 293 g/mol. The first-order valence-electron chi connectivity index (χ1n) is 4.98. The third kappa shape index (κ3) is 4.28. The number of hydrogen-bond donors (Lipinski definition) is 2. The van der Waals surface area contributed by atoms with Gasteiger partial charge in [0, 0.05) is 12.3 Å². The fraction of sp³-hybridized carbons (Fsp3) is 0.556. The lowest BCUT2D eigenvalue weighted by atomic mass is 10.1. The maximum Gasteiger partial charge on any atom is 0.329 e. The highest BCUT2D eigenvalue weighted by Gasteiger charge is 2.23. The summed E-state index contributed by atoms with van der Waals surface area (Å²) in [6, 6.07) is 0. The highest BCUT2D eigenvalue weighted by molar-refractivity contribution is 7.98. The number of aliphatic hydroxyl groups is 1. The molecule has 0 spiro atoms. The molecule has 0 radical (unpaired) electrons. The van der Waals surface area contributed by atoms with Crippen LogP contribution in [0.5, 0.6) is 0 Å². The van der Waals surface area contributed by atoms with Crippen LogP contribution >= 0.6 is 23.4 Å². The number of nitro groups is 1. The van der Waals surface area contributed by atoms with E-state index in [9.17, 15) is 15.2 Å². The summed E-state index contributed by atoms with van der Waals surface area (Å²) in [6.07, 6.45) is 2.89. The second kappa shape index (κ2) is 6.17. The van der Waals surface area contributed by atoms with Crippen molar-refractivity contribution in [2.75, 3.05) is 23.9 Å². The second-order valence-electron chi connectivity index (χ2n) is 3.91. The SMILES string of the molecule is CSCC(C)(O)CNc1nc(Cl)ncc1[N+](=O)[O-]. The highest BCUT2D eigenvalue weighted by Crippen LogP contribution is 2.23. The average Bonchev–Trinajstić information content (AvgIpc) is 2.26. The van der Waals surface area contributed by atoms with Gasteiger partial charge < -0.3 is 10.4 Å². The van der Waals surface area contributed by atoms with Gasteiger partial charge in [0.1, 0.15) is 6.20 Å². The molecule has 0 aliphatic rings. The molecule has 0 amide bonds. The third-order valence-electron chi connectivity index (χ3n) is 2.03. The van der Waals surface area contributed by atoms with E-state index in [1.807, 2.05) is 6.26 Å². The van der Waals surface area contributed by atoms with Gasteiger partial charge in [-0.1, -0.05) is 0 Å². The third-order valence-corrected chi connectivity index (χ3v) is 3.12. The lowest BCUT2D eigenvalue weighted by Crippen LogP contribution is -2.36. The number of thioether (sulfide) groups is 1. The molecule has 0 aliphatic heterocycles. The fourth-order valence-electron chi connectivity index (χ4n) is 1.25. The van der Waals surface area contributed by atoms with Crippen LogP contribution in [0.2, 0.25) is 5.28 Å². The molecule has 0 saturated carbocycles. The summed E-state index contributed by atoms with van der Waals surface area (Å²) in [4.78, 5) is 17.4. The van der Waals surface area contributed by atoms with Crippen molar-refractivity contribution < 1.29 is 10.0 Å². The number of anilines is 1. The number of hydrogen-bond acceptors (Lipinski definition) is 7. The molecule has 1 unspecified atom stereocenters. The lowest BCUT2D eigenvalue weighted by Gasteiger charge is -2.22. The normalized spacial score (nSPS) is 14.0. The quantitative estimate of drug-likeness (QED) is 0.466. The summed E-state index contributed by atoms with van der Waals surface area (Å²) in [5.74, 6) is 0.494. The summed E-state index contributed by atoms with van der Waals surface area (Å²) < 4.78 is 0. The van der Waals surface area contributed by atoms with Gasteiger partial charge in [-0.25, -0.2) is 4.98 Å². The summed E-state index contributed by atoms with van der Waals surface area (Å²) in [5, 5.41) is 23.3. The molecular formula is C9H13ClN4O3S. The van der Waals surface area contributed by atoms with Gasteiger partial charge in [-0.3, -0.25) is 10.1 Å². The van der Waals surface area contributed by atoms with Crippen molar-refractivity contribution in [3.63, 3.8) is 0 Å². The molecule has 1 rings (SSSR count). The Morgan fingerprint density at radius 2 is 2.39 bits per heavy atom. The first kappa shape index (κ1) is 14.9. The van der Waals surface area contributed by atoms with Crippen molar-refractivity contribution in [1.29, 1.82) is 0 Å². The van der Waals surface area contributed by atoms with Crippen LogP contribution < -0.4 is 5.32 Å². The van der Waals surface area contributed by atoms with E-state index in [4.69, 9.17) is 11.6 Å². The molecule has 1 heterocycles. The van der Waals surface area contributed by atoms with Gasteiger partial charge in [-0.15, -0.1) is 0 Å². The number of aromatic nitrogens is 2. The molecule has 7 nitrogen and oxygen atoms in total. The van der Waals surface area contributed by atoms with Crippen LogP contribution in [0.3, 0.4) is 0 Å². The zero-order valence-electron chi connectivity index (χ0n) is 9.88. The molecule has 2 N–H and O–H groups in total. The molecule has 0 saturated heterocycles. The van der Waals surface area contributed by atoms with Crippen LogP contribution in [0, 0.1) is 10.1 Å². The Morgan fingerprint density at radius 1 is 1.72 bits per heavy atom. The highest BCUT2D eigenvalue weighted by atomic mass is 35.5. The predicted molar refractivity (Wildman–Crippen MR) is 71.2 cm³/mol. The maximum atomic E-state index is 10.8. The van der Waals surface area contributed by atoms with Crippen molar-refractivity contribution in [1.82, 2.24) is 9.97 Å². The van der Waals surface area contributed by atoms with Crippen LogP contribution in [-0.2, 0) is 0 Å². The van der Waals surface area contributed by atoms with Crippen molar-refractivity contribution >= 4 is 34.9 Å². The molecule has 0 aromatic carbocycles. The minimum atomic E-state index is -0.995. The summed E-state index contributed by atoms with van der Waals surface area (Å²) >= 11 is 7.06. The molecule has 1 aromatic heterocycles. The maximum absolute atomic E-state index is 10.8. The lowest BCUT2D eigenvalue weighted by molar-refractivity contribution is -0.384. The van der Waals surface area contributed by atoms with Gasteiger partial charge in [0.25, 0.3) is 0 Å². The van der Waals surface area contributed by atoms with E-state index >= 15 is 0 Å². The zero-order chi connectivity index (χ0) is 13.8. The van der Waals surface area contributed by atoms with E-state index in [1.54, 1.807) is 6.92 Å². The van der Waals surface area contributed by atoms with Crippen LogP contribution in [0.15, 0.2) is 6.20 Å². The Hall–Kier alpha value is -1.12. The van der Waals surface area contributed by atoms with E-state index in [2.05, 4.69) is 15.3 Å². The van der Waals surface area contributed by atoms with Crippen LogP contribution in [0.4, 0.5) is 11.5 Å². The molecule has 0 fully saturated rings. The summed E-state index contributed by atoms with van der Waals surface area (Å²) in [5.41, 5.74) is -1.27. The summed E-state index contributed by atoms with van der Waals surface area (Å²) in [6.45, 7) is 1.76.